The SMILES string of the molecule is C=C1C(=O)OC2C1CCC(C)=CCCC1(C)OC21.CC(C)OC(=O)Nc1cccc(Cl)c1. The van der Waals surface area contributed by atoms with Gasteiger partial charge >= 0.3 is 12.1 Å². The largest absolute Gasteiger partial charge is 0.455 e. The van der Waals surface area contributed by atoms with E-state index in [9.17, 15) is 9.59 Å². The van der Waals surface area contributed by atoms with Crippen molar-refractivity contribution >= 4 is 29.4 Å². The molecule has 4 atom stereocenters. The predicted molar refractivity (Wildman–Crippen MR) is 125 cm³/mol. The fourth-order valence-corrected chi connectivity index (χ4v) is 4.32. The number of anilines is 1. The third-order valence-electron chi connectivity index (χ3n) is 5.99. The van der Waals surface area contributed by atoms with Crippen LogP contribution in [0.15, 0.2) is 48.1 Å². The lowest BCUT2D eigenvalue weighted by Crippen LogP contribution is -2.28. The van der Waals surface area contributed by atoms with Gasteiger partial charge in [-0.15, -0.1) is 0 Å². The average Bonchev–Trinajstić information content (AvgIpc) is 3.28. The molecule has 32 heavy (non-hydrogen) atoms. The fraction of sp³-hybridized carbons (Fsp3) is 0.520. The van der Waals surface area contributed by atoms with Gasteiger partial charge in [0.1, 0.15) is 12.2 Å². The van der Waals surface area contributed by atoms with E-state index >= 15 is 0 Å². The van der Waals surface area contributed by atoms with E-state index in [1.54, 1.807) is 38.1 Å². The predicted octanol–water partition coefficient (Wildman–Crippen LogP) is 6.06. The van der Waals surface area contributed by atoms with Crippen LogP contribution in [0.4, 0.5) is 10.5 Å². The zero-order valence-electron chi connectivity index (χ0n) is 19.2. The van der Waals surface area contributed by atoms with Crippen LogP contribution in [0.2, 0.25) is 5.02 Å². The summed E-state index contributed by atoms with van der Waals surface area (Å²) in [4.78, 5) is 22.9. The van der Waals surface area contributed by atoms with E-state index < -0.39 is 6.09 Å². The molecule has 2 fully saturated rings. The lowest BCUT2D eigenvalue weighted by Gasteiger charge is -2.19. The van der Waals surface area contributed by atoms with Gasteiger partial charge in [-0.3, -0.25) is 5.32 Å². The molecule has 2 saturated heterocycles. The van der Waals surface area contributed by atoms with Gasteiger partial charge in [0.25, 0.3) is 0 Å². The van der Waals surface area contributed by atoms with Gasteiger partial charge in [-0.2, -0.15) is 0 Å². The van der Waals surface area contributed by atoms with Crippen LogP contribution < -0.4 is 5.32 Å². The molecule has 3 aliphatic rings. The molecule has 2 heterocycles. The second-order valence-corrected chi connectivity index (χ2v) is 9.51. The van der Waals surface area contributed by atoms with Crippen LogP contribution in [0.5, 0.6) is 0 Å². The maximum Gasteiger partial charge on any atom is 0.411 e. The number of hydrogen-bond acceptors (Lipinski definition) is 5. The van der Waals surface area contributed by atoms with Gasteiger partial charge < -0.3 is 14.2 Å². The smallest absolute Gasteiger partial charge is 0.411 e. The van der Waals surface area contributed by atoms with Gasteiger partial charge in [-0.05, 0) is 71.6 Å². The Balaban J connectivity index is 0.000000188. The van der Waals surface area contributed by atoms with Crippen LogP contribution in [0.1, 0.15) is 53.4 Å². The maximum atomic E-state index is 11.7. The Kier molecular flexibility index (Phi) is 7.67. The Morgan fingerprint density at radius 2 is 2.12 bits per heavy atom. The molecule has 1 aliphatic carbocycles. The molecule has 4 unspecified atom stereocenters. The summed E-state index contributed by atoms with van der Waals surface area (Å²) in [5, 5.41) is 3.14. The molecule has 2 aliphatic heterocycles. The van der Waals surface area contributed by atoms with Crippen LogP contribution >= 0.6 is 11.6 Å². The van der Waals surface area contributed by atoms with Crippen LogP contribution in [-0.2, 0) is 19.0 Å². The van der Waals surface area contributed by atoms with Gasteiger partial charge in [0.15, 0.2) is 0 Å². The third-order valence-corrected chi connectivity index (χ3v) is 6.22. The quantitative estimate of drug-likeness (QED) is 0.251. The molecule has 1 aromatic rings. The van der Waals surface area contributed by atoms with Crippen LogP contribution in [0.3, 0.4) is 0 Å². The van der Waals surface area contributed by atoms with E-state index in [-0.39, 0.29) is 35.8 Å². The van der Waals surface area contributed by atoms with Crippen molar-refractivity contribution in [3.63, 3.8) is 0 Å². The molecule has 0 aromatic heterocycles. The molecule has 0 radical (unpaired) electrons. The van der Waals surface area contributed by atoms with Crippen molar-refractivity contribution in [2.45, 2.75) is 77.3 Å². The number of fused-ring (bicyclic) bond motifs is 3. The number of epoxide rings is 1. The number of benzene rings is 1. The summed E-state index contributed by atoms with van der Waals surface area (Å²) < 4.78 is 16.2. The zero-order chi connectivity index (χ0) is 23.5. The summed E-state index contributed by atoms with van der Waals surface area (Å²) in [5.41, 5.74) is 2.54. The highest BCUT2D eigenvalue weighted by Crippen LogP contribution is 2.49. The molecule has 1 N–H and O–H groups in total. The highest BCUT2D eigenvalue weighted by Gasteiger charge is 2.61. The van der Waals surface area contributed by atoms with Gasteiger partial charge in [0.2, 0.25) is 0 Å². The first-order valence-corrected chi connectivity index (χ1v) is 11.4. The topological polar surface area (TPSA) is 77.2 Å². The molecular formula is C25H32ClNO5. The number of ether oxygens (including phenoxy) is 3. The number of allylic oxidation sites excluding steroid dienone is 2. The average molecular weight is 462 g/mol. The van der Waals surface area contributed by atoms with Crippen molar-refractivity contribution in [3.05, 3.63) is 53.1 Å². The molecule has 1 aromatic carbocycles. The first-order valence-electron chi connectivity index (χ1n) is 11.1. The second-order valence-electron chi connectivity index (χ2n) is 9.07. The number of amides is 1. The van der Waals surface area contributed by atoms with E-state index in [2.05, 4.69) is 31.8 Å². The number of carbonyl (C=O) groups excluding carboxylic acids is 2. The van der Waals surface area contributed by atoms with Crippen molar-refractivity contribution < 1.29 is 23.8 Å². The number of hydrogen-bond donors (Lipinski definition) is 1. The maximum absolute atomic E-state index is 11.7. The van der Waals surface area contributed by atoms with Gasteiger partial charge in [0, 0.05) is 22.2 Å². The minimum absolute atomic E-state index is 0.0671. The van der Waals surface area contributed by atoms with Crippen molar-refractivity contribution in [1.82, 2.24) is 0 Å². The van der Waals surface area contributed by atoms with E-state index in [1.807, 2.05) is 0 Å². The summed E-state index contributed by atoms with van der Waals surface area (Å²) in [6.07, 6.45) is 5.65. The molecule has 6 nitrogen and oxygen atoms in total. The number of rotatable bonds is 2. The lowest BCUT2D eigenvalue weighted by atomic mass is 9.84. The minimum Gasteiger partial charge on any atom is -0.455 e. The van der Waals surface area contributed by atoms with E-state index in [0.717, 1.165) is 25.7 Å². The van der Waals surface area contributed by atoms with E-state index in [1.165, 1.54) is 5.57 Å². The molecule has 0 bridgehead atoms. The molecule has 4 rings (SSSR count). The Morgan fingerprint density at radius 3 is 2.81 bits per heavy atom. The Labute approximate surface area is 194 Å². The number of halogens is 1. The highest BCUT2D eigenvalue weighted by atomic mass is 35.5. The Hall–Kier alpha value is -2.31. The Bertz CT molecular complexity index is 911. The fourth-order valence-electron chi connectivity index (χ4n) is 4.13. The summed E-state index contributed by atoms with van der Waals surface area (Å²) in [6, 6.07) is 6.89. The monoisotopic (exact) mass is 461 g/mol. The molecule has 1 amide bonds. The van der Waals surface area contributed by atoms with Crippen LogP contribution in [0, 0.1) is 5.92 Å². The van der Waals surface area contributed by atoms with Crippen LogP contribution in [0.25, 0.3) is 0 Å². The normalized spacial score (nSPS) is 28.9. The number of nitrogens with one attached hydrogen (secondary N) is 1. The Morgan fingerprint density at radius 1 is 1.38 bits per heavy atom. The zero-order valence-corrected chi connectivity index (χ0v) is 19.9. The summed E-state index contributed by atoms with van der Waals surface area (Å²) in [6.45, 7) is 11.8. The van der Waals surface area contributed by atoms with Gasteiger partial charge in [0.05, 0.1) is 11.7 Å². The number of esters is 1. The third kappa shape index (κ3) is 6.14. The number of carbonyl (C=O) groups is 2. The first kappa shape index (κ1) is 24.3. The first-order chi connectivity index (χ1) is 15.1. The molecular weight excluding hydrogens is 430 g/mol. The van der Waals surface area contributed by atoms with E-state index in [0.29, 0.717) is 16.3 Å². The van der Waals surface area contributed by atoms with Gasteiger partial charge in [-0.1, -0.05) is 35.9 Å². The van der Waals surface area contributed by atoms with Crippen LogP contribution in [-0.4, -0.2) is 36.0 Å². The van der Waals surface area contributed by atoms with Crippen molar-refractivity contribution in [2.75, 3.05) is 5.32 Å². The molecule has 0 spiro atoms. The highest BCUT2D eigenvalue weighted by molar-refractivity contribution is 6.30. The molecule has 0 saturated carbocycles. The van der Waals surface area contributed by atoms with Crippen molar-refractivity contribution in [1.29, 1.82) is 0 Å². The van der Waals surface area contributed by atoms with Gasteiger partial charge in [-0.25, -0.2) is 9.59 Å². The minimum atomic E-state index is -0.470. The standard InChI is InChI=1S/C15H20O3.C10H12ClNO2/c1-9-5-4-8-15(3)13(18-15)12-11(7-6-9)10(2)14(16)17-12;1-7(2)14-10(13)12-9-5-3-4-8(11)6-9/h5,11-13H,2,4,6-8H2,1,3H3;3-7H,1-2H3,(H,12,13). The van der Waals surface area contributed by atoms with E-state index in [4.69, 9.17) is 25.8 Å². The van der Waals surface area contributed by atoms with Crippen molar-refractivity contribution in [3.8, 4) is 0 Å². The summed E-state index contributed by atoms with van der Waals surface area (Å²) in [7, 11) is 0. The summed E-state index contributed by atoms with van der Waals surface area (Å²) >= 11 is 5.74. The van der Waals surface area contributed by atoms with Crippen molar-refractivity contribution in [2.24, 2.45) is 5.92 Å². The molecule has 7 heteroatoms. The summed E-state index contributed by atoms with van der Waals surface area (Å²) in [5.74, 6) is -0.102. The lowest BCUT2D eigenvalue weighted by molar-refractivity contribution is -0.140. The molecule has 174 valence electrons. The second kappa shape index (κ2) is 10.1.